The van der Waals surface area contributed by atoms with Gasteiger partial charge in [0.05, 0.1) is 0 Å². The highest BCUT2D eigenvalue weighted by molar-refractivity contribution is 5.95. The standard InChI is InChI=1S/C12H20N2O2/c1-9(10(2)12(14)16)7-5-3-4-6-8-11(13)15/h1-8H2,(H2,13,15)(H2,14,16). The number of amides is 2. The molecule has 0 saturated carbocycles. The van der Waals surface area contributed by atoms with Gasteiger partial charge in [-0.1, -0.05) is 26.0 Å². The Kier molecular flexibility index (Phi) is 6.92. The zero-order valence-corrected chi connectivity index (χ0v) is 9.63. The molecule has 90 valence electrons. The first kappa shape index (κ1) is 14.4. The van der Waals surface area contributed by atoms with Gasteiger partial charge in [0.25, 0.3) is 0 Å². The molecule has 0 aromatic carbocycles. The molecule has 0 saturated heterocycles. The Bertz CT molecular complexity index is 295. The molecule has 0 aliphatic heterocycles. The summed E-state index contributed by atoms with van der Waals surface area (Å²) in [5.74, 6) is -0.773. The molecule has 0 rings (SSSR count). The first-order valence-electron chi connectivity index (χ1n) is 5.40. The van der Waals surface area contributed by atoms with Crippen LogP contribution in [0.5, 0.6) is 0 Å². The van der Waals surface area contributed by atoms with Gasteiger partial charge in [-0.3, -0.25) is 9.59 Å². The Morgan fingerprint density at radius 1 is 0.875 bits per heavy atom. The number of nitrogens with two attached hydrogens (primary N) is 2. The number of carbonyl (C=O) groups excluding carboxylic acids is 2. The Hall–Kier alpha value is -1.58. The molecule has 0 radical (unpaired) electrons. The van der Waals surface area contributed by atoms with Crippen LogP contribution in [0.15, 0.2) is 24.3 Å². The van der Waals surface area contributed by atoms with Crippen molar-refractivity contribution in [2.75, 3.05) is 0 Å². The SMILES string of the molecule is C=C(CCCCCCC(N)=O)C(=C)C(N)=O. The minimum absolute atomic E-state index is 0.258. The maximum atomic E-state index is 10.8. The summed E-state index contributed by atoms with van der Waals surface area (Å²) in [5.41, 5.74) is 11.1. The second-order valence-electron chi connectivity index (χ2n) is 3.83. The fraction of sp³-hybridized carbons (Fsp3) is 0.500. The van der Waals surface area contributed by atoms with Gasteiger partial charge in [-0.05, 0) is 24.8 Å². The monoisotopic (exact) mass is 224 g/mol. The third kappa shape index (κ3) is 6.81. The van der Waals surface area contributed by atoms with Crippen LogP contribution in [0.4, 0.5) is 0 Å². The second-order valence-corrected chi connectivity index (χ2v) is 3.83. The topological polar surface area (TPSA) is 86.2 Å². The molecule has 0 unspecified atom stereocenters. The van der Waals surface area contributed by atoms with Gasteiger partial charge >= 0.3 is 0 Å². The first-order chi connectivity index (χ1) is 7.45. The van der Waals surface area contributed by atoms with Crippen LogP contribution in [-0.2, 0) is 9.59 Å². The van der Waals surface area contributed by atoms with Gasteiger partial charge in [0.1, 0.15) is 0 Å². The van der Waals surface area contributed by atoms with E-state index in [9.17, 15) is 9.59 Å². The predicted molar refractivity (Wildman–Crippen MR) is 64.4 cm³/mol. The summed E-state index contributed by atoms with van der Waals surface area (Å²) in [6.45, 7) is 7.30. The molecule has 2 amide bonds. The van der Waals surface area contributed by atoms with Crippen molar-refractivity contribution in [3.63, 3.8) is 0 Å². The van der Waals surface area contributed by atoms with Crippen molar-refractivity contribution in [1.82, 2.24) is 0 Å². The Morgan fingerprint density at radius 3 is 1.81 bits per heavy atom. The van der Waals surface area contributed by atoms with Gasteiger partial charge in [-0.15, -0.1) is 0 Å². The van der Waals surface area contributed by atoms with Gasteiger partial charge in [0, 0.05) is 12.0 Å². The summed E-state index contributed by atoms with van der Waals surface area (Å²) in [6.07, 6.45) is 4.84. The maximum absolute atomic E-state index is 10.8. The molecule has 0 aliphatic carbocycles. The number of hydrogen-bond acceptors (Lipinski definition) is 2. The number of unbranched alkanes of at least 4 members (excludes halogenated alkanes) is 3. The average Bonchev–Trinajstić information content (AvgIpc) is 2.21. The lowest BCUT2D eigenvalue weighted by atomic mass is 10.0. The van der Waals surface area contributed by atoms with Crippen LogP contribution in [0.1, 0.15) is 38.5 Å². The van der Waals surface area contributed by atoms with Crippen molar-refractivity contribution in [1.29, 1.82) is 0 Å². The lowest BCUT2D eigenvalue weighted by molar-refractivity contribution is -0.118. The highest BCUT2D eigenvalue weighted by Crippen LogP contribution is 2.14. The van der Waals surface area contributed by atoms with Crippen LogP contribution < -0.4 is 11.5 Å². The molecule has 0 spiro atoms. The molecule has 4 nitrogen and oxygen atoms in total. The summed E-state index contributed by atoms with van der Waals surface area (Å²) in [7, 11) is 0. The van der Waals surface area contributed by atoms with Crippen LogP contribution in [0, 0.1) is 0 Å². The summed E-state index contributed by atoms with van der Waals surface area (Å²) in [5, 5.41) is 0. The number of carbonyl (C=O) groups is 2. The van der Waals surface area contributed by atoms with E-state index in [0.717, 1.165) is 32.1 Å². The molecule has 0 aromatic rings. The van der Waals surface area contributed by atoms with E-state index in [1.165, 1.54) is 0 Å². The Labute approximate surface area is 96.4 Å². The van der Waals surface area contributed by atoms with Crippen molar-refractivity contribution in [2.45, 2.75) is 38.5 Å². The minimum atomic E-state index is -0.515. The molecular formula is C12H20N2O2. The van der Waals surface area contributed by atoms with E-state index < -0.39 is 5.91 Å². The highest BCUT2D eigenvalue weighted by Gasteiger charge is 2.05. The van der Waals surface area contributed by atoms with Crippen LogP contribution in [0.3, 0.4) is 0 Å². The molecule has 4 heteroatoms. The maximum Gasteiger partial charge on any atom is 0.248 e. The molecule has 0 aliphatic rings. The summed E-state index contributed by atoms with van der Waals surface area (Å²) in [4.78, 5) is 21.2. The Balaban J connectivity index is 3.52. The van der Waals surface area contributed by atoms with Crippen LogP contribution >= 0.6 is 0 Å². The fourth-order valence-corrected chi connectivity index (χ4v) is 1.32. The predicted octanol–water partition coefficient (Wildman–Crippen LogP) is 1.41. The van der Waals surface area contributed by atoms with E-state index in [0.29, 0.717) is 17.6 Å². The second kappa shape index (κ2) is 7.68. The third-order valence-electron chi connectivity index (χ3n) is 2.38. The fourth-order valence-electron chi connectivity index (χ4n) is 1.32. The summed E-state index contributed by atoms with van der Waals surface area (Å²) in [6, 6.07) is 0. The highest BCUT2D eigenvalue weighted by atomic mass is 16.1. The molecular weight excluding hydrogens is 204 g/mol. The quantitative estimate of drug-likeness (QED) is 0.352. The van der Waals surface area contributed by atoms with Gasteiger partial charge in [-0.25, -0.2) is 0 Å². The van der Waals surface area contributed by atoms with Crippen molar-refractivity contribution >= 4 is 11.8 Å². The number of rotatable bonds is 9. The largest absolute Gasteiger partial charge is 0.370 e. The smallest absolute Gasteiger partial charge is 0.248 e. The van der Waals surface area contributed by atoms with E-state index in [1.807, 2.05) is 0 Å². The zero-order chi connectivity index (χ0) is 12.6. The summed E-state index contributed by atoms with van der Waals surface area (Å²) >= 11 is 0. The van der Waals surface area contributed by atoms with Gasteiger partial charge in [0.15, 0.2) is 0 Å². The van der Waals surface area contributed by atoms with E-state index in [4.69, 9.17) is 11.5 Å². The molecule has 16 heavy (non-hydrogen) atoms. The zero-order valence-electron chi connectivity index (χ0n) is 9.63. The van der Waals surface area contributed by atoms with Crippen molar-refractivity contribution in [3.8, 4) is 0 Å². The Morgan fingerprint density at radius 2 is 1.38 bits per heavy atom. The van der Waals surface area contributed by atoms with Crippen LogP contribution in [-0.4, -0.2) is 11.8 Å². The molecule has 0 heterocycles. The number of hydrogen-bond donors (Lipinski definition) is 2. The van der Waals surface area contributed by atoms with Gasteiger partial charge < -0.3 is 11.5 Å². The van der Waals surface area contributed by atoms with Crippen LogP contribution in [0.25, 0.3) is 0 Å². The van der Waals surface area contributed by atoms with E-state index >= 15 is 0 Å². The van der Waals surface area contributed by atoms with E-state index in [-0.39, 0.29) is 5.91 Å². The van der Waals surface area contributed by atoms with Crippen molar-refractivity contribution in [3.05, 3.63) is 24.3 Å². The van der Waals surface area contributed by atoms with E-state index in [2.05, 4.69) is 13.2 Å². The van der Waals surface area contributed by atoms with Gasteiger partial charge in [0.2, 0.25) is 11.8 Å². The lowest BCUT2D eigenvalue weighted by Crippen LogP contribution is -2.14. The number of primary amides is 2. The van der Waals surface area contributed by atoms with Crippen molar-refractivity contribution < 1.29 is 9.59 Å². The molecule has 0 aromatic heterocycles. The summed E-state index contributed by atoms with van der Waals surface area (Å²) < 4.78 is 0. The van der Waals surface area contributed by atoms with Crippen LogP contribution in [0.2, 0.25) is 0 Å². The van der Waals surface area contributed by atoms with Crippen molar-refractivity contribution in [2.24, 2.45) is 11.5 Å². The molecule has 0 fully saturated rings. The lowest BCUT2D eigenvalue weighted by Gasteiger charge is -2.05. The molecule has 0 bridgehead atoms. The molecule has 4 N–H and O–H groups in total. The molecule has 0 atom stereocenters. The average molecular weight is 224 g/mol. The normalized spacial score (nSPS) is 9.75. The first-order valence-corrected chi connectivity index (χ1v) is 5.40. The van der Waals surface area contributed by atoms with E-state index in [1.54, 1.807) is 0 Å². The van der Waals surface area contributed by atoms with Gasteiger partial charge in [-0.2, -0.15) is 0 Å². The third-order valence-corrected chi connectivity index (χ3v) is 2.38. The minimum Gasteiger partial charge on any atom is -0.370 e.